The molecule has 10 heteroatoms. The molecule has 0 unspecified atom stereocenters. The lowest BCUT2D eigenvalue weighted by Gasteiger charge is -2.23. The van der Waals surface area contributed by atoms with Crippen LogP contribution in [-0.4, -0.2) is 50.6 Å². The smallest absolute Gasteiger partial charge is 0.387 e. The van der Waals surface area contributed by atoms with Gasteiger partial charge in [0.1, 0.15) is 5.75 Å². The fourth-order valence-electron chi connectivity index (χ4n) is 2.47. The van der Waals surface area contributed by atoms with Crippen molar-refractivity contribution in [3.8, 4) is 5.75 Å². The molecule has 1 aliphatic heterocycles. The van der Waals surface area contributed by atoms with Crippen LogP contribution in [0.15, 0.2) is 24.3 Å². The van der Waals surface area contributed by atoms with Gasteiger partial charge >= 0.3 is 12.6 Å². The minimum Gasteiger partial charge on any atom is -0.452 e. The SMILES string of the molecule is C[C@@]1(NC(=O)COC(=O)c2ccc(OC(F)F)cc2)CCS(=O)(=O)C1. The Morgan fingerprint density at radius 3 is 2.44 bits per heavy atom. The third-order valence-electron chi connectivity index (χ3n) is 3.59. The van der Waals surface area contributed by atoms with E-state index in [0.717, 1.165) is 0 Å². The maximum Gasteiger partial charge on any atom is 0.387 e. The second kappa shape index (κ2) is 7.34. The molecule has 1 aromatic rings. The van der Waals surface area contributed by atoms with Crippen LogP contribution in [0.25, 0.3) is 0 Å². The normalized spacial score (nSPS) is 21.8. The fourth-order valence-corrected chi connectivity index (χ4v) is 4.56. The average molecular weight is 377 g/mol. The zero-order valence-corrected chi connectivity index (χ0v) is 14.1. The van der Waals surface area contributed by atoms with Crippen LogP contribution in [-0.2, 0) is 19.4 Å². The first-order valence-corrected chi connectivity index (χ1v) is 9.14. The third kappa shape index (κ3) is 5.66. The van der Waals surface area contributed by atoms with Gasteiger partial charge in [-0.2, -0.15) is 8.78 Å². The number of halogens is 2. The maximum absolute atomic E-state index is 12.0. The summed E-state index contributed by atoms with van der Waals surface area (Å²) < 4.78 is 56.0. The summed E-state index contributed by atoms with van der Waals surface area (Å²) in [6.45, 7) is -1.94. The molecule has 1 aromatic carbocycles. The molecular formula is C15H17F2NO6S. The van der Waals surface area contributed by atoms with Crippen molar-refractivity contribution < 1.29 is 36.3 Å². The molecule has 0 radical (unpaired) electrons. The van der Waals surface area contributed by atoms with E-state index in [1.54, 1.807) is 6.92 Å². The highest BCUT2D eigenvalue weighted by Crippen LogP contribution is 2.22. The summed E-state index contributed by atoms with van der Waals surface area (Å²) in [6, 6.07) is 4.80. The summed E-state index contributed by atoms with van der Waals surface area (Å²) in [5.41, 5.74) is -0.819. The maximum atomic E-state index is 12.0. The first-order valence-electron chi connectivity index (χ1n) is 7.32. The van der Waals surface area contributed by atoms with E-state index in [9.17, 15) is 26.8 Å². The molecule has 7 nitrogen and oxygen atoms in total. The van der Waals surface area contributed by atoms with Crippen molar-refractivity contribution in [1.29, 1.82) is 0 Å². The predicted octanol–water partition coefficient (Wildman–Crippen LogP) is 1.14. The van der Waals surface area contributed by atoms with Crippen LogP contribution in [0.4, 0.5) is 8.78 Å². The van der Waals surface area contributed by atoms with E-state index in [4.69, 9.17) is 4.74 Å². The van der Waals surface area contributed by atoms with Crippen molar-refractivity contribution in [2.24, 2.45) is 0 Å². The minimum absolute atomic E-state index is 0.00337. The zero-order chi connectivity index (χ0) is 18.7. The van der Waals surface area contributed by atoms with E-state index in [1.807, 2.05) is 0 Å². The Kier molecular flexibility index (Phi) is 5.61. The molecule has 138 valence electrons. The molecule has 1 N–H and O–H groups in total. The van der Waals surface area contributed by atoms with E-state index in [-0.39, 0.29) is 22.8 Å². The van der Waals surface area contributed by atoms with Gasteiger partial charge in [-0.1, -0.05) is 0 Å². The lowest BCUT2D eigenvalue weighted by Crippen LogP contribution is -2.48. The molecule has 25 heavy (non-hydrogen) atoms. The van der Waals surface area contributed by atoms with Crippen LogP contribution in [0.3, 0.4) is 0 Å². The van der Waals surface area contributed by atoms with Crippen molar-refractivity contribution in [1.82, 2.24) is 5.32 Å². The molecule has 1 heterocycles. The summed E-state index contributed by atoms with van der Waals surface area (Å²) in [5.74, 6) is -1.71. The van der Waals surface area contributed by atoms with E-state index in [2.05, 4.69) is 10.1 Å². The molecule has 1 saturated heterocycles. The number of nitrogens with one attached hydrogen (secondary N) is 1. The summed E-state index contributed by atoms with van der Waals surface area (Å²) in [6.07, 6.45) is 0.292. The summed E-state index contributed by atoms with van der Waals surface area (Å²) in [5, 5.41) is 2.55. The van der Waals surface area contributed by atoms with Crippen molar-refractivity contribution in [3.05, 3.63) is 29.8 Å². The number of hydrogen-bond donors (Lipinski definition) is 1. The van der Waals surface area contributed by atoms with E-state index in [1.165, 1.54) is 24.3 Å². The number of sulfone groups is 1. The number of ether oxygens (including phenoxy) is 2. The van der Waals surface area contributed by atoms with Crippen LogP contribution in [0, 0.1) is 0 Å². The summed E-state index contributed by atoms with van der Waals surface area (Å²) in [7, 11) is -3.17. The molecule has 0 aromatic heterocycles. The van der Waals surface area contributed by atoms with E-state index in [0.29, 0.717) is 6.42 Å². The minimum atomic E-state index is -3.17. The van der Waals surface area contributed by atoms with Crippen LogP contribution in [0.2, 0.25) is 0 Å². The lowest BCUT2D eigenvalue weighted by atomic mass is 10.0. The number of amides is 1. The van der Waals surface area contributed by atoms with Crippen molar-refractivity contribution >= 4 is 21.7 Å². The quantitative estimate of drug-likeness (QED) is 0.747. The Labute approximate surface area is 143 Å². The summed E-state index contributed by atoms with van der Waals surface area (Å²) >= 11 is 0. The van der Waals surface area contributed by atoms with Gasteiger partial charge in [0, 0.05) is 0 Å². The average Bonchev–Trinajstić information content (AvgIpc) is 2.78. The fraction of sp³-hybridized carbons (Fsp3) is 0.467. The van der Waals surface area contributed by atoms with Crippen molar-refractivity contribution in [2.75, 3.05) is 18.1 Å². The monoisotopic (exact) mass is 377 g/mol. The van der Waals surface area contributed by atoms with Crippen molar-refractivity contribution in [2.45, 2.75) is 25.5 Å². The highest BCUT2D eigenvalue weighted by molar-refractivity contribution is 7.91. The topological polar surface area (TPSA) is 98.8 Å². The van der Waals surface area contributed by atoms with Gasteiger partial charge in [-0.25, -0.2) is 13.2 Å². The molecule has 1 atom stereocenters. The van der Waals surface area contributed by atoms with Gasteiger partial charge in [0.25, 0.3) is 5.91 Å². The Balaban J connectivity index is 1.84. The van der Waals surface area contributed by atoms with Gasteiger partial charge in [-0.05, 0) is 37.6 Å². The molecule has 0 spiro atoms. The van der Waals surface area contributed by atoms with Gasteiger partial charge in [-0.15, -0.1) is 0 Å². The number of esters is 1. The highest BCUT2D eigenvalue weighted by atomic mass is 32.2. The van der Waals surface area contributed by atoms with E-state index >= 15 is 0 Å². The third-order valence-corrected chi connectivity index (χ3v) is 5.50. The van der Waals surface area contributed by atoms with Gasteiger partial charge in [0.2, 0.25) is 0 Å². The molecule has 0 aliphatic carbocycles. The molecule has 1 amide bonds. The van der Waals surface area contributed by atoms with Crippen LogP contribution in [0.1, 0.15) is 23.7 Å². The number of carbonyl (C=O) groups is 2. The Hall–Kier alpha value is -2.23. The van der Waals surface area contributed by atoms with Gasteiger partial charge < -0.3 is 14.8 Å². The number of carbonyl (C=O) groups excluding carboxylic acids is 2. The standard InChI is InChI=1S/C15H17F2NO6S/c1-15(6-7-25(21,22)9-15)18-12(19)8-23-13(20)10-2-4-11(5-3-10)24-14(16)17/h2-5,14H,6-9H2,1H3,(H,18,19)/t15-/m1/s1. The molecule has 1 aliphatic rings. The van der Waals surface area contributed by atoms with Crippen LogP contribution >= 0.6 is 0 Å². The number of rotatable bonds is 6. The Morgan fingerprint density at radius 2 is 1.92 bits per heavy atom. The Bertz CT molecular complexity index is 750. The first-order chi connectivity index (χ1) is 11.6. The first kappa shape index (κ1) is 19.1. The second-order valence-corrected chi connectivity index (χ2v) is 8.11. The Morgan fingerprint density at radius 1 is 1.28 bits per heavy atom. The zero-order valence-electron chi connectivity index (χ0n) is 13.3. The molecule has 1 fully saturated rings. The van der Waals surface area contributed by atoms with Gasteiger partial charge in [0.05, 0.1) is 22.6 Å². The molecule has 0 saturated carbocycles. The number of hydrogen-bond acceptors (Lipinski definition) is 6. The lowest BCUT2D eigenvalue weighted by molar-refractivity contribution is -0.125. The number of alkyl halides is 2. The van der Waals surface area contributed by atoms with Gasteiger partial charge in [0.15, 0.2) is 16.4 Å². The van der Waals surface area contributed by atoms with Crippen LogP contribution < -0.4 is 10.1 Å². The van der Waals surface area contributed by atoms with Crippen molar-refractivity contribution in [3.63, 3.8) is 0 Å². The largest absolute Gasteiger partial charge is 0.452 e. The molecular weight excluding hydrogens is 360 g/mol. The van der Waals surface area contributed by atoms with Crippen LogP contribution in [0.5, 0.6) is 5.75 Å². The molecule has 0 bridgehead atoms. The summed E-state index contributed by atoms with van der Waals surface area (Å²) in [4.78, 5) is 23.7. The second-order valence-electron chi connectivity index (χ2n) is 5.93. The predicted molar refractivity (Wildman–Crippen MR) is 83.2 cm³/mol. The van der Waals surface area contributed by atoms with Gasteiger partial charge in [-0.3, -0.25) is 4.79 Å². The number of benzene rings is 1. The molecule has 2 rings (SSSR count). The highest BCUT2D eigenvalue weighted by Gasteiger charge is 2.39. The van der Waals surface area contributed by atoms with E-state index < -0.39 is 40.5 Å².